The van der Waals surface area contributed by atoms with Gasteiger partial charge >= 0.3 is 5.69 Å². The number of benzene rings is 1. The molecular formula is C16H17N3O2S. The van der Waals surface area contributed by atoms with Gasteiger partial charge < -0.3 is 5.32 Å². The van der Waals surface area contributed by atoms with Gasteiger partial charge in [-0.1, -0.05) is 18.2 Å². The van der Waals surface area contributed by atoms with Crippen molar-refractivity contribution < 1.29 is 4.79 Å². The molecule has 2 aromatic heterocycles. The van der Waals surface area contributed by atoms with Crippen LogP contribution >= 0.6 is 11.3 Å². The van der Waals surface area contributed by atoms with Gasteiger partial charge in [-0.3, -0.25) is 13.9 Å². The van der Waals surface area contributed by atoms with Crippen LogP contribution in [0.25, 0.3) is 11.0 Å². The molecular weight excluding hydrogens is 298 g/mol. The molecule has 0 aliphatic heterocycles. The minimum absolute atomic E-state index is 0.0463. The van der Waals surface area contributed by atoms with Crippen LogP contribution in [-0.2, 0) is 24.8 Å². The number of nitrogens with zero attached hydrogens (tertiary/aromatic N) is 2. The van der Waals surface area contributed by atoms with E-state index in [0.717, 1.165) is 17.5 Å². The van der Waals surface area contributed by atoms with Gasteiger partial charge in [0.05, 0.1) is 11.0 Å². The van der Waals surface area contributed by atoms with E-state index in [0.29, 0.717) is 6.54 Å². The van der Waals surface area contributed by atoms with Gasteiger partial charge in [0, 0.05) is 18.5 Å². The smallest absolute Gasteiger partial charge is 0.329 e. The van der Waals surface area contributed by atoms with Crippen LogP contribution in [0.4, 0.5) is 0 Å². The van der Waals surface area contributed by atoms with Gasteiger partial charge in [0.1, 0.15) is 6.54 Å². The SMILES string of the molecule is Cn1c(=O)n(CC(=O)NCCc2cccs2)c2ccccc21. The fraction of sp³-hybridized carbons (Fsp3) is 0.250. The van der Waals surface area contributed by atoms with Gasteiger partial charge in [-0.25, -0.2) is 4.79 Å². The number of hydrogen-bond donors (Lipinski definition) is 1. The molecule has 0 aliphatic carbocycles. The van der Waals surface area contributed by atoms with Crippen LogP contribution in [0.5, 0.6) is 0 Å². The van der Waals surface area contributed by atoms with Gasteiger partial charge in [-0.2, -0.15) is 0 Å². The van der Waals surface area contributed by atoms with Gasteiger partial charge in [0.25, 0.3) is 0 Å². The minimum Gasteiger partial charge on any atom is -0.354 e. The molecule has 0 saturated carbocycles. The monoisotopic (exact) mass is 315 g/mol. The number of rotatable bonds is 5. The zero-order chi connectivity index (χ0) is 15.5. The van der Waals surface area contributed by atoms with Crippen molar-refractivity contribution in [2.75, 3.05) is 6.54 Å². The van der Waals surface area contributed by atoms with Crippen molar-refractivity contribution in [2.45, 2.75) is 13.0 Å². The molecule has 0 atom stereocenters. The summed E-state index contributed by atoms with van der Waals surface area (Å²) >= 11 is 1.68. The number of para-hydroxylation sites is 2. The molecule has 0 aliphatic rings. The second-order valence-electron chi connectivity index (χ2n) is 5.10. The Hall–Kier alpha value is -2.34. The normalized spacial score (nSPS) is 11.0. The highest BCUT2D eigenvalue weighted by molar-refractivity contribution is 7.09. The first-order valence-corrected chi connectivity index (χ1v) is 7.98. The topological polar surface area (TPSA) is 56.0 Å². The number of amides is 1. The summed E-state index contributed by atoms with van der Waals surface area (Å²) in [5.41, 5.74) is 1.44. The molecule has 0 radical (unpaired) electrons. The molecule has 114 valence electrons. The van der Waals surface area contributed by atoms with Crippen molar-refractivity contribution in [2.24, 2.45) is 7.05 Å². The largest absolute Gasteiger partial charge is 0.354 e. The molecule has 3 aromatic rings. The minimum atomic E-state index is -0.172. The number of nitrogens with one attached hydrogen (secondary N) is 1. The third-order valence-corrected chi connectivity index (χ3v) is 4.56. The van der Waals surface area contributed by atoms with Gasteiger partial charge in [-0.15, -0.1) is 11.3 Å². The van der Waals surface area contributed by atoms with Crippen LogP contribution in [0, 0.1) is 0 Å². The molecule has 6 heteroatoms. The van der Waals surface area contributed by atoms with Crippen LogP contribution in [0.3, 0.4) is 0 Å². The van der Waals surface area contributed by atoms with E-state index in [9.17, 15) is 9.59 Å². The molecule has 1 N–H and O–H groups in total. The van der Waals surface area contributed by atoms with Crippen LogP contribution in [0.1, 0.15) is 4.88 Å². The maximum atomic E-state index is 12.2. The lowest BCUT2D eigenvalue weighted by molar-refractivity contribution is -0.121. The number of aromatic nitrogens is 2. The van der Waals surface area contributed by atoms with Crippen LogP contribution in [0.2, 0.25) is 0 Å². The Bertz CT molecular complexity index is 846. The van der Waals surface area contributed by atoms with Crippen LogP contribution in [0.15, 0.2) is 46.6 Å². The lowest BCUT2D eigenvalue weighted by atomic mass is 10.3. The van der Waals surface area contributed by atoms with Crippen molar-refractivity contribution in [3.05, 3.63) is 57.1 Å². The first-order valence-electron chi connectivity index (χ1n) is 7.10. The summed E-state index contributed by atoms with van der Waals surface area (Å²) in [6.45, 7) is 0.628. The number of thiophene rings is 1. The summed E-state index contributed by atoms with van der Waals surface area (Å²) < 4.78 is 3.07. The number of carbonyl (C=O) groups excluding carboxylic acids is 1. The average molecular weight is 315 g/mol. The van der Waals surface area contributed by atoms with E-state index >= 15 is 0 Å². The predicted molar refractivity (Wildman–Crippen MR) is 88.2 cm³/mol. The number of carbonyl (C=O) groups is 1. The molecule has 0 saturated heterocycles. The molecule has 1 amide bonds. The van der Waals surface area contributed by atoms with E-state index in [1.165, 1.54) is 9.44 Å². The van der Waals surface area contributed by atoms with E-state index in [1.807, 2.05) is 41.8 Å². The van der Waals surface area contributed by atoms with Crippen LogP contribution in [-0.4, -0.2) is 21.6 Å². The maximum Gasteiger partial charge on any atom is 0.329 e. The highest BCUT2D eigenvalue weighted by atomic mass is 32.1. The fourth-order valence-electron chi connectivity index (χ4n) is 2.50. The van der Waals surface area contributed by atoms with Crippen molar-refractivity contribution in [1.82, 2.24) is 14.5 Å². The van der Waals surface area contributed by atoms with E-state index in [-0.39, 0.29) is 18.1 Å². The first-order chi connectivity index (χ1) is 10.7. The average Bonchev–Trinajstić information content (AvgIpc) is 3.11. The molecule has 0 unspecified atom stereocenters. The summed E-state index contributed by atoms with van der Waals surface area (Å²) in [6, 6.07) is 11.5. The Morgan fingerprint density at radius 3 is 2.68 bits per heavy atom. The van der Waals surface area contributed by atoms with E-state index in [4.69, 9.17) is 0 Å². The Labute approximate surface area is 131 Å². The second kappa shape index (κ2) is 6.19. The second-order valence-corrected chi connectivity index (χ2v) is 6.13. The molecule has 0 spiro atoms. The summed E-state index contributed by atoms with van der Waals surface area (Å²) in [7, 11) is 1.72. The molecule has 0 fully saturated rings. The molecule has 5 nitrogen and oxygen atoms in total. The standard InChI is InChI=1S/C16H17N3O2S/c1-18-13-6-2-3-7-14(13)19(16(18)21)11-15(20)17-9-8-12-5-4-10-22-12/h2-7,10H,8-9,11H2,1H3,(H,17,20). The number of aryl methyl sites for hydroxylation is 1. The quantitative estimate of drug-likeness (QED) is 0.780. The summed E-state index contributed by atoms with van der Waals surface area (Å²) in [5.74, 6) is -0.144. The molecule has 22 heavy (non-hydrogen) atoms. The highest BCUT2D eigenvalue weighted by Gasteiger charge is 2.12. The fourth-order valence-corrected chi connectivity index (χ4v) is 3.20. The van der Waals surface area contributed by atoms with E-state index < -0.39 is 0 Å². The van der Waals surface area contributed by atoms with Crippen molar-refractivity contribution in [3.63, 3.8) is 0 Å². The maximum absolute atomic E-state index is 12.2. The summed E-state index contributed by atoms with van der Waals surface area (Å²) in [6.07, 6.45) is 0.813. The zero-order valence-corrected chi connectivity index (χ0v) is 13.1. The Kier molecular flexibility index (Phi) is 4.11. The molecule has 2 heterocycles. The van der Waals surface area contributed by atoms with Crippen LogP contribution < -0.4 is 11.0 Å². The van der Waals surface area contributed by atoms with Gasteiger partial charge in [0.15, 0.2) is 0 Å². The van der Waals surface area contributed by atoms with Gasteiger partial charge in [0.2, 0.25) is 5.91 Å². The lowest BCUT2D eigenvalue weighted by Crippen LogP contribution is -2.33. The Morgan fingerprint density at radius 1 is 1.18 bits per heavy atom. The predicted octanol–water partition coefficient (Wildman–Crippen LogP) is 1.76. The Balaban J connectivity index is 1.69. The number of imidazole rings is 1. The number of hydrogen-bond acceptors (Lipinski definition) is 3. The number of fused-ring (bicyclic) bond motifs is 1. The zero-order valence-electron chi connectivity index (χ0n) is 12.3. The third kappa shape index (κ3) is 2.82. The molecule has 3 rings (SSSR count). The molecule has 0 bridgehead atoms. The van der Waals surface area contributed by atoms with E-state index in [1.54, 1.807) is 23.0 Å². The Morgan fingerprint density at radius 2 is 1.95 bits per heavy atom. The lowest BCUT2D eigenvalue weighted by Gasteiger charge is -2.05. The van der Waals surface area contributed by atoms with Gasteiger partial charge in [-0.05, 0) is 30.0 Å². The summed E-state index contributed by atoms with van der Waals surface area (Å²) in [4.78, 5) is 25.5. The molecule has 1 aromatic carbocycles. The van der Waals surface area contributed by atoms with E-state index in [2.05, 4.69) is 5.32 Å². The highest BCUT2D eigenvalue weighted by Crippen LogP contribution is 2.11. The van der Waals surface area contributed by atoms with Crippen molar-refractivity contribution >= 4 is 28.3 Å². The van der Waals surface area contributed by atoms with Crippen molar-refractivity contribution in [1.29, 1.82) is 0 Å². The first kappa shape index (κ1) is 14.6. The summed E-state index contributed by atoms with van der Waals surface area (Å²) in [5, 5.41) is 4.89. The third-order valence-electron chi connectivity index (χ3n) is 3.63. The van der Waals surface area contributed by atoms with Crippen molar-refractivity contribution in [3.8, 4) is 0 Å².